The summed E-state index contributed by atoms with van der Waals surface area (Å²) >= 11 is 0. The van der Waals surface area contributed by atoms with Crippen molar-refractivity contribution >= 4 is 17.5 Å². The molecule has 0 atom stereocenters. The summed E-state index contributed by atoms with van der Waals surface area (Å²) in [7, 11) is 0. The lowest BCUT2D eigenvalue weighted by Crippen LogP contribution is -2.20. The summed E-state index contributed by atoms with van der Waals surface area (Å²) < 4.78 is 10.4. The second-order valence-corrected chi connectivity index (χ2v) is 6.65. The number of ether oxygens (including phenoxy) is 2. The maximum absolute atomic E-state index is 12.3. The highest BCUT2D eigenvalue weighted by molar-refractivity contribution is 5.98. The fourth-order valence-electron chi connectivity index (χ4n) is 3.13. The minimum absolute atomic E-state index is 0.0846. The average Bonchev–Trinajstić information content (AvgIpc) is 2.70. The minimum Gasteiger partial charge on any atom is -0.482 e. The van der Waals surface area contributed by atoms with Gasteiger partial charge in [-0.1, -0.05) is 24.3 Å². The van der Waals surface area contributed by atoms with E-state index in [-0.39, 0.29) is 24.8 Å². The number of ketones is 2. The molecular formula is C22H22O5. The van der Waals surface area contributed by atoms with E-state index in [1.165, 1.54) is 24.5 Å². The topological polar surface area (TPSA) is 69.7 Å². The van der Waals surface area contributed by atoms with Crippen LogP contribution in [0.5, 0.6) is 5.75 Å². The largest absolute Gasteiger partial charge is 0.482 e. The summed E-state index contributed by atoms with van der Waals surface area (Å²) in [4.78, 5) is 35.5. The van der Waals surface area contributed by atoms with E-state index >= 15 is 0 Å². The van der Waals surface area contributed by atoms with Crippen LogP contribution in [0.1, 0.15) is 51.6 Å². The van der Waals surface area contributed by atoms with Gasteiger partial charge in [-0.3, -0.25) is 9.59 Å². The molecule has 0 aliphatic heterocycles. The molecule has 0 amide bonds. The molecule has 3 rings (SSSR count). The van der Waals surface area contributed by atoms with Crippen LogP contribution in [0.15, 0.2) is 42.5 Å². The first-order valence-electron chi connectivity index (χ1n) is 9.07. The molecule has 0 radical (unpaired) electrons. The van der Waals surface area contributed by atoms with Gasteiger partial charge in [-0.2, -0.15) is 0 Å². The molecule has 0 unspecified atom stereocenters. The quantitative estimate of drug-likeness (QED) is 0.553. The number of hydrogen-bond acceptors (Lipinski definition) is 5. The van der Waals surface area contributed by atoms with Crippen LogP contribution in [0.4, 0.5) is 0 Å². The van der Waals surface area contributed by atoms with E-state index < -0.39 is 5.97 Å². The number of aryl methyl sites for hydroxylation is 2. The highest BCUT2D eigenvalue weighted by Crippen LogP contribution is 2.22. The van der Waals surface area contributed by atoms with Crippen molar-refractivity contribution in [3.63, 3.8) is 0 Å². The van der Waals surface area contributed by atoms with Crippen molar-refractivity contribution < 1.29 is 23.9 Å². The lowest BCUT2D eigenvalue weighted by Gasteiger charge is -2.16. The normalized spacial score (nSPS) is 12.8. The molecule has 2 aromatic carbocycles. The Morgan fingerprint density at radius 1 is 0.889 bits per heavy atom. The van der Waals surface area contributed by atoms with Crippen molar-refractivity contribution in [2.24, 2.45) is 0 Å². The number of carbonyl (C=O) groups excluding carboxylic acids is 3. The zero-order chi connectivity index (χ0) is 19.2. The molecule has 0 spiro atoms. The zero-order valence-electron chi connectivity index (χ0n) is 15.3. The van der Waals surface area contributed by atoms with Gasteiger partial charge in [-0.25, -0.2) is 4.79 Å². The maximum Gasteiger partial charge on any atom is 0.344 e. The van der Waals surface area contributed by atoms with Gasteiger partial charge < -0.3 is 9.47 Å². The smallest absolute Gasteiger partial charge is 0.344 e. The molecule has 0 heterocycles. The molecular weight excluding hydrogens is 344 g/mol. The fraction of sp³-hybridized carbons (Fsp3) is 0.318. The Labute approximate surface area is 158 Å². The van der Waals surface area contributed by atoms with E-state index in [0.717, 1.165) is 19.3 Å². The number of rotatable bonds is 7. The van der Waals surface area contributed by atoms with E-state index in [1.807, 2.05) is 12.1 Å². The van der Waals surface area contributed by atoms with Gasteiger partial charge in [0.1, 0.15) is 5.75 Å². The van der Waals surface area contributed by atoms with Crippen LogP contribution in [-0.2, 0) is 22.4 Å². The Balaban J connectivity index is 1.49. The lowest BCUT2D eigenvalue weighted by atomic mass is 9.90. The predicted molar refractivity (Wildman–Crippen MR) is 100 cm³/mol. The summed E-state index contributed by atoms with van der Waals surface area (Å²) in [5, 5.41) is 0. The molecule has 0 fully saturated rings. The van der Waals surface area contributed by atoms with Gasteiger partial charge in [-0.15, -0.1) is 0 Å². The van der Waals surface area contributed by atoms with Crippen LogP contribution < -0.4 is 4.74 Å². The molecule has 0 N–H and O–H groups in total. The van der Waals surface area contributed by atoms with Crippen LogP contribution in [0, 0.1) is 0 Å². The Hall–Kier alpha value is -2.95. The van der Waals surface area contributed by atoms with Crippen LogP contribution in [0.2, 0.25) is 0 Å². The van der Waals surface area contributed by atoms with Crippen molar-refractivity contribution in [2.75, 3.05) is 13.2 Å². The van der Waals surface area contributed by atoms with E-state index in [1.54, 1.807) is 30.3 Å². The van der Waals surface area contributed by atoms with Crippen molar-refractivity contribution in [3.8, 4) is 5.75 Å². The molecule has 140 valence electrons. The Morgan fingerprint density at radius 3 is 2.44 bits per heavy atom. The SMILES string of the molecule is CC(=O)c1cccc(OCC(=O)OCC(=O)c2ccc3c(c2)CCCC3)c1. The minimum atomic E-state index is -0.630. The zero-order valence-corrected chi connectivity index (χ0v) is 15.3. The molecule has 2 aromatic rings. The van der Waals surface area contributed by atoms with E-state index in [2.05, 4.69) is 0 Å². The monoisotopic (exact) mass is 366 g/mol. The third-order valence-corrected chi connectivity index (χ3v) is 4.63. The number of carbonyl (C=O) groups is 3. The predicted octanol–water partition coefficient (Wildman–Crippen LogP) is 3.57. The second-order valence-electron chi connectivity index (χ2n) is 6.65. The second kappa shape index (κ2) is 8.62. The van der Waals surface area contributed by atoms with Gasteiger partial charge in [0.25, 0.3) is 0 Å². The third kappa shape index (κ3) is 5.03. The molecule has 0 saturated carbocycles. The van der Waals surface area contributed by atoms with Crippen molar-refractivity contribution in [3.05, 3.63) is 64.7 Å². The van der Waals surface area contributed by atoms with E-state index in [4.69, 9.17) is 9.47 Å². The number of fused-ring (bicyclic) bond motifs is 1. The van der Waals surface area contributed by atoms with E-state index in [9.17, 15) is 14.4 Å². The maximum atomic E-state index is 12.3. The molecule has 5 nitrogen and oxygen atoms in total. The van der Waals surface area contributed by atoms with Gasteiger partial charge in [0.2, 0.25) is 0 Å². The fourth-order valence-corrected chi connectivity index (χ4v) is 3.13. The summed E-state index contributed by atoms with van der Waals surface area (Å²) in [6.45, 7) is 0.826. The summed E-state index contributed by atoms with van der Waals surface area (Å²) in [6, 6.07) is 12.3. The molecule has 1 aliphatic carbocycles. The van der Waals surface area contributed by atoms with E-state index in [0.29, 0.717) is 16.9 Å². The van der Waals surface area contributed by atoms with Crippen molar-refractivity contribution in [1.82, 2.24) is 0 Å². The number of hydrogen-bond donors (Lipinski definition) is 0. The molecule has 5 heteroatoms. The highest BCUT2D eigenvalue weighted by Gasteiger charge is 2.15. The molecule has 1 aliphatic rings. The van der Waals surface area contributed by atoms with Gasteiger partial charge in [0.15, 0.2) is 24.8 Å². The number of Topliss-reactive ketones (excluding diaryl/α,β-unsaturated/α-hetero) is 2. The first-order valence-corrected chi connectivity index (χ1v) is 9.07. The van der Waals surface area contributed by atoms with Crippen molar-refractivity contribution in [2.45, 2.75) is 32.6 Å². The third-order valence-electron chi connectivity index (χ3n) is 4.63. The Bertz CT molecular complexity index is 869. The standard InChI is InChI=1S/C22H22O5/c1-15(23)17-7-4-8-20(12-17)26-14-22(25)27-13-21(24)19-10-9-16-5-2-3-6-18(16)11-19/h4,7-12H,2-3,5-6,13-14H2,1H3. The number of benzene rings is 2. The summed E-state index contributed by atoms with van der Waals surface area (Å²) in [6.07, 6.45) is 4.37. The van der Waals surface area contributed by atoms with Gasteiger partial charge in [0.05, 0.1) is 0 Å². The average molecular weight is 366 g/mol. The van der Waals surface area contributed by atoms with Crippen LogP contribution >= 0.6 is 0 Å². The van der Waals surface area contributed by atoms with Gasteiger partial charge >= 0.3 is 5.97 Å². The lowest BCUT2D eigenvalue weighted by molar-refractivity contribution is -0.144. The Morgan fingerprint density at radius 2 is 1.67 bits per heavy atom. The molecule has 0 saturated heterocycles. The first kappa shape index (κ1) is 18.8. The van der Waals surface area contributed by atoms with Crippen LogP contribution in [0.3, 0.4) is 0 Å². The van der Waals surface area contributed by atoms with Crippen LogP contribution in [0.25, 0.3) is 0 Å². The highest BCUT2D eigenvalue weighted by atomic mass is 16.6. The Kier molecular flexibility index (Phi) is 6.01. The first-order chi connectivity index (χ1) is 13.0. The van der Waals surface area contributed by atoms with Crippen LogP contribution in [-0.4, -0.2) is 30.7 Å². The van der Waals surface area contributed by atoms with Gasteiger partial charge in [-0.05, 0) is 61.9 Å². The molecule has 0 bridgehead atoms. The molecule has 0 aromatic heterocycles. The molecule has 27 heavy (non-hydrogen) atoms. The summed E-state index contributed by atoms with van der Waals surface area (Å²) in [5.41, 5.74) is 3.59. The van der Waals surface area contributed by atoms with Gasteiger partial charge in [0, 0.05) is 11.1 Å². The van der Waals surface area contributed by atoms with Crippen molar-refractivity contribution in [1.29, 1.82) is 0 Å². The summed E-state index contributed by atoms with van der Waals surface area (Å²) in [5.74, 6) is -0.538. The number of esters is 1.